The van der Waals surface area contributed by atoms with Crippen LogP contribution in [0.5, 0.6) is 0 Å². The van der Waals surface area contributed by atoms with E-state index in [1.807, 2.05) is 0 Å². The van der Waals surface area contributed by atoms with Crippen LogP contribution in [0.1, 0.15) is 20.8 Å². The average Bonchev–Trinajstić information content (AvgIpc) is 2.16. The maximum atomic E-state index is 12.5. The molecular formula is C11H15NO3S. The fourth-order valence-electron chi connectivity index (χ4n) is 1.22. The number of benzene rings is 1. The van der Waals surface area contributed by atoms with E-state index in [4.69, 9.17) is 0 Å². The molecule has 0 heterocycles. The van der Waals surface area contributed by atoms with Gasteiger partial charge in [0.2, 0.25) is 0 Å². The Bertz CT molecular complexity index is 512. The van der Waals surface area contributed by atoms with E-state index in [0.717, 1.165) is 0 Å². The molecule has 0 aliphatic rings. The third-order valence-corrected chi connectivity index (χ3v) is 5.44. The van der Waals surface area contributed by atoms with Crippen molar-refractivity contribution in [3.05, 3.63) is 34.4 Å². The minimum atomic E-state index is -2.69. The molecule has 4 nitrogen and oxygen atoms in total. The quantitative estimate of drug-likeness (QED) is 0.454. The Kier molecular flexibility index (Phi) is 3.10. The topological polar surface area (TPSA) is 60.2 Å². The molecule has 0 bridgehead atoms. The molecule has 0 N–H and O–H groups in total. The zero-order valence-corrected chi connectivity index (χ0v) is 10.4. The van der Waals surface area contributed by atoms with Gasteiger partial charge in [-0.05, 0) is 32.7 Å². The Morgan fingerprint density at radius 1 is 1.31 bits per heavy atom. The minimum absolute atomic E-state index is 0.127. The third-order valence-electron chi connectivity index (χ3n) is 2.41. The fourth-order valence-corrected chi connectivity index (χ4v) is 2.66. The SMILES string of the molecule is C=S(=O)(c1ccccc1[N+](=O)[O-])C(C)(C)C. The van der Waals surface area contributed by atoms with E-state index in [0.29, 0.717) is 0 Å². The predicted molar refractivity (Wildman–Crippen MR) is 66.4 cm³/mol. The van der Waals surface area contributed by atoms with Gasteiger partial charge in [0.1, 0.15) is 4.90 Å². The molecule has 5 heteroatoms. The van der Waals surface area contributed by atoms with Crippen LogP contribution in [-0.2, 0) is 9.52 Å². The molecule has 0 radical (unpaired) electrons. The second kappa shape index (κ2) is 3.90. The Balaban J connectivity index is 3.52. The van der Waals surface area contributed by atoms with E-state index in [9.17, 15) is 14.3 Å². The second-order valence-corrected chi connectivity index (χ2v) is 7.53. The normalized spacial score (nSPS) is 15.4. The zero-order chi connectivity index (χ0) is 12.6. The van der Waals surface area contributed by atoms with Crippen LogP contribution in [0.25, 0.3) is 0 Å². The Morgan fingerprint density at radius 2 is 1.81 bits per heavy atom. The molecule has 0 amide bonds. The lowest BCUT2D eigenvalue weighted by Crippen LogP contribution is -2.28. The number of para-hydroxylation sites is 1. The van der Waals surface area contributed by atoms with Gasteiger partial charge in [-0.15, -0.1) is 0 Å². The highest BCUT2D eigenvalue weighted by molar-refractivity contribution is 8.01. The van der Waals surface area contributed by atoms with E-state index in [1.165, 1.54) is 12.1 Å². The van der Waals surface area contributed by atoms with Gasteiger partial charge in [0.05, 0.1) is 4.92 Å². The molecule has 0 saturated heterocycles. The van der Waals surface area contributed by atoms with Gasteiger partial charge < -0.3 is 0 Å². The summed E-state index contributed by atoms with van der Waals surface area (Å²) in [7, 11) is -2.69. The number of hydrogen-bond acceptors (Lipinski definition) is 3. The highest BCUT2D eigenvalue weighted by Gasteiger charge is 2.30. The molecule has 1 unspecified atom stereocenters. The van der Waals surface area contributed by atoms with Gasteiger partial charge in [0, 0.05) is 20.3 Å². The summed E-state index contributed by atoms with van der Waals surface area (Å²) in [5.41, 5.74) is -0.127. The Labute approximate surface area is 95.5 Å². The van der Waals surface area contributed by atoms with Gasteiger partial charge in [-0.1, -0.05) is 12.1 Å². The van der Waals surface area contributed by atoms with Crippen molar-refractivity contribution in [2.24, 2.45) is 0 Å². The van der Waals surface area contributed by atoms with Crippen LogP contribution >= 0.6 is 0 Å². The summed E-state index contributed by atoms with van der Waals surface area (Å²) in [5, 5.41) is 10.8. The van der Waals surface area contributed by atoms with E-state index in [-0.39, 0.29) is 10.6 Å². The van der Waals surface area contributed by atoms with E-state index in [2.05, 4.69) is 5.87 Å². The lowest BCUT2D eigenvalue weighted by Gasteiger charge is -2.24. The van der Waals surface area contributed by atoms with Gasteiger partial charge in [-0.2, -0.15) is 0 Å². The van der Waals surface area contributed by atoms with Gasteiger partial charge in [-0.3, -0.25) is 14.3 Å². The first-order chi connectivity index (χ1) is 7.18. The smallest absolute Gasteiger partial charge is 0.262 e. The molecule has 1 atom stereocenters. The molecule has 16 heavy (non-hydrogen) atoms. The summed E-state index contributed by atoms with van der Waals surface area (Å²) < 4.78 is 11.9. The summed E-state index contributed by atoms with van der Waals surface area (Å²) >= 11 is 0. The molecule has 1 aromatic carbocycles. The van der Waals surface area contributed by atoms with E-state index < -0.39 is 19.2 Å². The first-order valence-electron chi connectivity index (χ1n) is 4.78. The predicted octanol–water partition coefficient (Wildman–Crippen LogP) is 2.47. The highest BCUT2D eigenvalue weighted by atomic mass is 32.2. The lowest BCUT2D eigenvalue weighted by atomic mass is 10.3. The van der Waals surface area contributed by atoms with Crippen LogP contribution in [-0.4, -0.2) is 19.7 Å². The Hall–Kier alpha value is -1.36. The summed E-state index contributed by atoms with van der Waals surface area (Å²) in [5.74, 6) is 3.68. The number of nitrogens with zero attached hydrogens (tertiary/aromatic N) is 1. The molecular weight excluding hydrogens is 226 g/mol. The van der Waals surface area contributed by atoms with Crippen molar-refractivity contribution in [3.8, 4) is 0 Å². The van der Waals surface area contributed by atoms with Crippen molar-refractivity contribution in [1.82, 2.24) is 0 Å². The van der Waals surface area contributed by atoms with Gasteiger partial charge >= 0.3 is 0 Å². The van der Waals surface area contributed by atoms with Crippen molar-refractivity contribution < 1.29 is 9.13 Å². The van der Waals surface area contributed by atoms with Gasteiger partial charge in [-0.25, -0.2) is 0 Å². The van der Waals surface area contributed by atoms with Crippen LogP contribution in [0.4, 0.5) is 5.69 Å². The molecule has 88 valence electrons. The molecule has 1 aromatic rings. The molecule has 0 saturated carbocycles. The zero-order valence-electron chi connectivity index (χ0n) is 9.60. The van der Waals surface area contributed by atoms with Crippen molar-refractivity contribution in [1.29, 1.82) is 0 Å². The summed E-state index contributed by atoms with van der Waals surface area (Å²) in [4.78, 5) is 10.5. The first-order valence-corrected chi connectivity index (χ1v) is 6.51. The summed E-state index contributed by atoms with van der Waals surface area (Å²) in [6.07, 6.45) is 0. The van der Waals surface area contributed by atoms with E-state index >= 15 is 0 Å². The fraction of sp³-hybridized carbons (Fsp3) is 0.364. The minimum Gasteiger partial charge on any atom is -0.262 e. The highest BCUT2D eigenvalue weighted by Crippen LogP contribution is 2.31. The largest absolute Gasteiger partial charge is 0.284 e. The van der Waals surface area contributed by atoms with Crippen molar-refractivity contribution in [2.45, 2.75) is 30.4 Å². The maximum Gasteiger partial charge on any atom is 0.284 e. The first kappa shape index (κ1) is 12.7. The molecule has 0 aliphatic carbocycles. The van der Waals surface area contributed by atoms with Crippen LogP contribution in [0.15, 0.2) is 29.2 Å². The number of hydrogen-bond donors (Lipinski definition) is 0. The third kappa shape index (κ3) is 2.09. The van der Waals surface area contributed by atoms with Crippen molar-refractivity contribution in [3.63, 3.8) is 0 Å². The number of rotatable bonds is 2. The second-order valence-electron chi connectivity index (χ2n) is 4.51. The van der Waals surface area contributed by atoms with E-state index in [1.54, 1.807) is 32.9 Å². The van der Waals surface area contributed by atoms with Crippen LogP contribution < -0.4 is 0 Å². The Morgan fingerprint density at radius 3 is 2.25 bits per heavy atom. The monoisotopic (exact) mass is 241 g/mol. The molecule has 0 spiro atoms. The number of nitro benzene ring substituents is 1. The van der Waals surface area contributed by atoms with Gasteiger partial charge in [0.15, 0.2) is 0 Å². The number of nitro groups is 1. The molecule has 0 fully saturated rings. The summed E-state index contributed by atoms with van der Waals surface area (Å²) in [6, 6.07) is 6.06. The van der Waals surface area contributed by atoms with Crippen LogP contribution in [0, 0.1) is 10.1 Å². The standard InChI is InChI=1S/C11H15NO3S/c1-11(2,3)16(4,15)10-8-6-5-7-9(10)12(13)14/h5-8H,4H2,1-3H3. The molecule has 0 aliphatic heterocycles. The van der Waals surface area contributed by atoms with Crippen molar-refractivity contribution in [2.75, 3.05) is 0 Å². The average molecular weight is 241 g/mol. The summed E-state index contributed by atoms with van der Waals surface area (Å²) in [6.45, 7) is 5.29. The molecule has 0 aromatic heterocycles. The molecule has 1 rings (SSSR count). The van der Waals surface area contributed by atoms with Crippen LogP contribution in [0.3, 0.4) is 0 Å². The van der Waals surface area contributed by atoms with Crippen molar-refractivity contribution >= 4 is 21.1 Å². The van der Waals surface area contributed by atoms with Gasteiger partial charge in [0.25, 0.3) is 5.69 Å². The maximum absolute atomic E-state index is 12.5. The van der Waals surface area contributed by atoms with Crippen LogP contribution in [0.2, 0.25) is 0 Å². The lowest BCUT2D eigenvalue weighted by molar-refractivity contribution is -0.387.